The second kappa shape index (κ2) is 9.22. The number of halogens is 1. The molecular formula is C23H20ClNO6. The third-order valence-corrected chi connectivity index (χ3v) is 5.43. The molecule has 7 nitrogen and oxygen atoms in total. The predicted octanol–water partition coefficient (Wildman–Crippen LogP) is 3.27. The van der Waals surface area contributed by atoms with Gasteiger partial charge < -0.3 is 4.74 Å². The van der Waals surface area contributed by atoms with Crippen LogP contribution in [0.25, 0.3) is 0 Å². The van der Waals surface area contributed by atoms with Gasteiger partial charge in [-0.3, -0.25) is 28.9 Å². The molecule has 1 aliphatic rings. The van der Waals surface area contributed by atoms with Crippen molar-refractivity contribution in [3.05, 3.63) is 69.7 Å². The topological polar surface area (TPSA) is 97.8 Å². The molecule has 0 radical (unpaired) electrons. The number of benzene rings is 2. The molecule has 31 heavy (non-hydrogen) atoms. The lowest BCUT2D eigenvalue weighted by atomic mass is 9.89. The first-order valence-corrected chi connectivity index (χ1v) is 10.1. The fourth-order valence-corrected chi connectivity index (χ4v) is 3.53. The summed E-state index contributed by atoms with van der Waals surface area (Å²) in [4.78, 5) is 64.8. The second-order valence-electron chi connectivity index (χ2n) is 7.09. The summed E-state index contributed by atoms with van der Waals surface area (Å²) in [6.07, 6.45) is -0.460. The Hall–Kier alpha value is -3.32. The largest absolute Gasteiger partial charge is 0.465 e. The molecule has 1 unspecified atom stereocenters. The van der Waals surface area contributed by atoms with Gasteiger partial charge in [-0.15, -0.1) is 0 Å². The highest BCUT2D eigenvalue weighted by Gasteiger charge is 2.42. The van der Waals surface area contributed by atoms with Gasteiger partial charge in [-0.25, -0.2) is 0 Å². The fourth-order valence-electron chi connectivity index (χ4n) is 3.35. The van der Waals surface area contributed by atoms with Gasteiger partial charge in [0, 0.05) is 22.6 Å². The minimum absolute atomic E-state index is 0.00141. The number of imide groups is 1. The molecule has 0 saturated heterocycles. The van der Waals surface area contributed by atoms with Crippen molar-refractivity contribution in [3.8, 4) is 0 Å². The van der Waals surface area contributed by atoms with Crippen molar-refractivity contribution in [1.82, 2.24) is 4.90 Å². The predicted molar refractivity (Wildman–Crippen MR) is 112 cm³/mol. The van der Waals surface area contributed by atoms with Crippen molar-refractivity contribution in [2.24, 2.45) is 5.92 Å². The Morgan fingerprint density at radius 1 is 1.06 bits per heavy atom. The maximum atomic E-state index is 13.2. The van der Waals surface area contributed by atoms with Crippen LogP contribution in [0.15, 0.2) is 42.5 Å². The van der Waals surface area contributed by atoms with Crippen LogP contribution in [0.2, 0.25) is 5.02 Å². The fraction of sp³-hybridized carbons (Fsp3) is 0.261. The standard InChI is InChI=1S/C23H20ClNO6/c1-3-31-20(27)12-25-22(29)16-7-5-4-6-15(16)21(28)17(23(25)30)11-19(26)14-9-8-13(2)18(24)10-14/h4-10,17H,3,11-12H2,1-2H3. The number of Topliss-reactive ketones (excluding diaryl/α,β-unsaturated/α-hetero) is 2. The lowest BCUT2D eigenvalue weighted by Gasteiger charge is -2.21. The summed E-state index contributed by atoms with van der Waals surface area (Å²) in [6, 6.07) is 10.6. The maximum absolute atomic E-state index is 13.2. The molecule has 3 rings (SSSR count). The van der Waals surface area contributed by atoms with Crippen molar-refractivity contribution in [2.45, 2.75) is 20.3 Å². The van der Waals surface area contributed by atoms with Gasteiger partial charge in [0.2, 0.25) is 5.91 Å². The van der Waals surface area contributed by atoms with E-state index in [4.69, 9.17) is 16.3 Å². The molecule has 0 saturated carbocycles. The van der Waals surface area contributed by atoms with Gasteiger partial charge in [0.1, 0.15) is 12.5 Å². The lowest BCUT2D eigenvalue weighted by Crippen LogP contribution is -2.44. The number of fused-ring (bicyclic) bond motifs is 1. The van der Waals surface area contributed by atoms with E-state index in [-0.39, 0.29) is 23.3 Å². The molecule has 1 heterocycles. The number of ketones is 2. The van der Waals surface area contributed by atoms with Crippen molar-refractivity contribution in [1.29, 1.82) is 0 Å². The Labute approximate surface area is 183 Å². The maximum Gasteiger partial charge on any atom is 0.326 e. The number of ether oxygens (including phenoxy) is 1. The average Bonchev–Trinajstić information content (AvgIpc) is 2.82. The number of esters is 1. The third-order valence-electron chi connectivity index (χ3n) is 5.02. The van der Waals surface area contributed by atoms with Crippen molar-refractivity contribution < 1.29 is 28.7 Å². The average molecular weight is 442 g/mol. The summed E-state index contributed by atoms with van der Waals surface area (Å²) in [5.74, 6) is -5.05. The van der Waals surface area contributed by atoms with E-state index in [1.807, 2.05) is 0 Å². The molecule has 0 spiro atoms. The first kappa shape index (κ1) is 22.4. The molecule has 2 aromatic rings. The van der Waals surface area contributed by atoms with Gasteiger partial charge in [0.15, 0.2) is 11.6 Å². The zero-order chi connectivity index (χ0) is 22.7. The van der Waals surface area contributed by atoms with Crippen LogP contribution in [0.1, 0.15) is 50.0 Å². The minimum atomic E-state index is -1.45. The number of hydrogen-bond acceptors (Lipinski definition) is 6. The van der Waals surface area contributed by atoms with Crippen LogP contribution in [-0.2, 0) is 14.3 Å². The third kappa shape index (κ3) is 4.56. The summed E-state index contributed by atoms with van der Waals surface area (Å²) in [5, 5.41) is 0.383. The quantitative estimate of drug-likeness (QED) is 0.295. The summed E-state index contributed by atoms with van der Waals surface area (Å²) in [7, 11) is 0. The Morgan fingerprint density at radius 3 is 2.39 bits per heavy atom. The molecule has 2 aromatic carbocycles. The van der Waals surface area contributed by atoms with E-state index < -0.39 is 48.2 Å². The van der Waals surface area contributed by atoms with Gasteiger partial charge in [-0.1, -0.05) is 41.9 Å². The zero-order valence-corrected chi connectivity index (χ0v) is 17.8. The number of hydrogen-bond donors (Lipinski definition) is 0. The van der Waals surface area contributed by atoms with Gasteiger partial charge in [-0.2, -0.15) is 0 Å². The summed E-state index contributed by atoms with van der Waals surface area (Å²) < 4.78 is 4.86. The van der Waals surface area contributed by atoms with Crippen LogP contribution in [-0.4, -0.2) is 47.4 Å². The highest BCUT2D eigenvalue weighted by molar-refractivity contribution is 6.31. The van der Waals surface area contributed by atoms with Crippen LogP contribution >= 0.6 is 11.6 Å². The van der Waals surface area contributed by atoms with Crippen LogP contribution in [0.5, 0.6) is 0 Å². The number of nitrogens with zero attached hydrogens (tertiary/aromatic N) is 1. The Bertz CT molecular complexity index is 1090. The SMILES string of the molecule is CCOC(=O)CN1C(=O)c2ccccc2C(=O)C(CC(=O)c2ccc(C)c(Cl)c2)C1=O. The molecule has 0 aromatic heterocycles. The Morgan fingerprint density at radius 2 is 1.74 bits per heavy atom. The van der Waals surface area contributed by atoms with Crippen molar-refractivity contribution in [3.63, 3.8) is 0 Å². The summed E-state index contributed by atoms with van der Waals surface area (Å²) in [6.45, 7) is 2.80. The molecule has 1 atom stereocenters. The van der Waals surface area contributed by atoms with E-state index in [9.17, 15) is 24.0 Å². The monoisotopic (exact) mass is 441 g/mol. The molecule has 1 aliphatic heterocycles. The number of aryl methyl sites for hydroxylation is 1. The van der Waals surface area contributed by atoms with Crippen LogP contribution in [0.3, 0.4) is 0 Å². The first-order valence-electron chi connectivity index (χ1n) is 9.68. The highest BCUT2D eigenvalue weighted by Crippen LogP contribution is 2.27. The van der Waals surface area contributed by atoms with Gasteiger partial charge in [-0.05, 0) is 31.5 Å². The summed E-state index contributed by atoms with van der Waals surface area (Å²) in [5.41, 5.74) is 1.06. The van der Waals surface area contributed by atoms with E-state index in [2.05, 4.69) is 0 Å². The van der Waals surface area contributed by atoms with Crippen LogP contribution in [0.4, 0.5) is 0 Å². The highest BCUT2D eigenvalue weighted by atomic mass is 35.5. The van der Waals surface area contributed by atoms with E-state index >= 15 is 0 Å². The van der Waals surface area contributed by atoms with Gasteiger partial charge in [0.25, 0.3) is 5.91 Å². The molecule has 0 fully saturated rings. The van der Waals surface area contributed by atoms with Gasteiger partial charge in [0.05, 0.1) is 12.2 Å². The molecule has 0 N–H and O–H groups in total. The number of carbonyl (C=O) groups excluding carboxylic acids is 5. The van der Waals surface area contributed by atoms with E-state index in [1.54, 1.807) is 38.1 Å². The molecule has 8 heteroatoms. The number of rotatable bonds is 6. The Kier molecular flexibility index (Phi) is 6.65. The van der Waals surface area contributed by atoms with E-state index in [1.165, 1.54) is 18.2 Å². The zero-order valence-electron chi connectivity index (χ0n) is 17.0. The van der Waals surface area contributed by atoms with Crippen molar-refractivity contribution >= 4 is 41.0 Å². The first-order chi connectivity index (χ1) is 14.7. The molecule has 2 amide bonds. The lowest BCUT2D eigenvalue weighted by molar-refractivity contribution is -0.148. The molecular weight excluding hydrogens is 422 g/mol. The molecule has 160 valence electrons. The normalized spacial score (nSPS) is 16.0. The van der Waals surface area contributed by atoms with Crippen LogP contribution in [0, 0.1) is 12.8 Å². The van der Waals surface area contributed by atoms with E-state index in [0.29, 0.717) is 9.92 Å². The smallest absolute Gasteiger partial charge is 0.326 e. The second-order valence-corrected chi connectivity index (χ2v) is 7.50. The van der Waals surface area contributed by atoms with Gasteiger partial charge >= 0.3 is 5.97 Å². The van der Waals surface area contributed by atoms with Crippen molar-refractivity contribution in [2.75, 3.05) is 13.2 Å². The Balaban J connectivity index is 1.99. The molecule has 0 aliphatic carbocycles. The van der Waals surface area contributed by atoms with E-state index in [0.717, 1.165) is 5.56 Å². The van der Waals surface area contributed by atoms with Crippen LogP contribution < -0.4 is 0 Å². The molecule has 0 bridgehead atoms. The number of carbonyl (C=O) groups is 5. The number of amides is 2. The summed E-state index contributed by atoms with van der Waals surface area (Å²) >= 11 is 6.09. The minimum Gasteiger partial charge on any atom is -0.465 e.